The van der Waals surface area contributed by atoms with Crippen LogP contribution in [-0.2, 0) is 0 Å². The van der Waals surface area contributed by atoms with Crippen molar-refractivity contribution in [3.63, 3.8) is 0 Å². The first-order valence-corrected chi connectivity index (χ1v) is 5.59. The van der Waals surface area contributed by atoms with Gasteiger partial charge in [0, 0.05) is 45.1 Å². The Balaban J connectivity index is 2.15. The van der Waals surface area contributed by atoms with Crippen molar-refractivity contribution in [2.24, 2.45) is 0 Å². The van der Waals surface area contributed by atoms with E-state index in [-0.39, 0.29) is 6.61 Å². The first kappa shape index (κ1) is 12.2. The van der Waals surface area contributed by atoms with Gasteiger partial charge in [-0.3, -0.25) is 9.80 Å². The zero-order valence-corrected chi connectivity index (χ0v) is 9.16. The van der Waals surface area contributed by atoms with Gasteiger partial charge in [-0.1, -0.05) is 0 Å². The zero-order chi connectivity index (χ0) is 10.4. The highest BCUT2D eigenvalue weighted by Crippen LogP contribution is 2.02. The summed E-state index contributed by atoms with van der Waals surface area (Å²) in [4.78, 5) is 4.49. The van der Waals surface area contributed by atoms with Crippen LogP contribution in [0.1, 0.15) is 0 Å². The fraction of sp³-hybridized carbons (Fsp3) is 1.00. The van der Waals surface area contributed by atoms with Gasteiger partial charge in [0.15, 0.2) is 0 Å². The van der Waals surface area contributed by atoms with Crippen LogP contribution in [0.25, 0.3) is 0 Å². The van der Waals surface area contributed by atoms with Crippen LogP contribution in [0.5, 0.6) is 0 Å². The third-order valence-electron chi connectivity index (χ3n) is 2.55. The van der Waals surface area contributed by atoms with Gasteiger partial charge in [0.25, 0.3) is 0 Å². The molecular weight excluding hydrogens is 204 g/mol. The summed E-state index contributed by atoms with van der Waals surface area (Å²) < 4.78 is 0. The minimum Gasteiger partial charge on any atom is -0.394 e. The van der Waals surface area contributed by atoms with Crippen molar-refractivity contribution in [1.82, 2.24) is 9.80 Å². The molecule has 5 heteroatoms. The van der Waals surface area contributed by atoms with E-state index in [0.717, 1.165) is 32.7 Å². The van der Waals surface area contributed by atoms with Gasteiger partial charge in [0.2, 0.25) is 0 Å². The summed E-state index contributed by atoms with van der Waals surface area (Å²) in [7, 11) is 0. The molecule has 0 unspecified atom stereocenters. The van der Waals surface area contributed by atoms with Crippen molar-refractivity contribution in [2.45, 2.75) is 6.10 Å². The maximum absolute atomic E-state index is 9.25. The average molecular weight is 223 g/mol. The van der Waals surface area contributed by atoms with Crippen LogP contribution in [0, 0.1) is 0 Å². The van der Waals surface area contributed by atoms with Crippen LogP contribution in [0.2, 0.25) is 0 Å². The van der Waals surface area contributed by atoms with E-state index < -0.39 is 6.10 Å². The molecule has 1 aliphatic rings. The Kier molecular flexibility index (Phi) is 5.74. The molecule has 1 fully saturated rings. The van der Waals surface area contributed by atoms with Gasteiger partial charge in [-0.05, 0) is 0 Å². The number of halogens is 1. The third kappa shape index (κ3) is 4.11. The monoisotopic (exact) mass is 222 g/mol. The molecular formula is C9H19ClN2O2. The fourth-order valence-corrected chi connectivity index (χ4v) is 1.91. The molecule has 1 aliphatic heterocycles. The number of aliphatic hydroxyl groups is 2. The molecule has 0 aromatic carbocycles. The normalized spacial score (nSPS) is 22.5. The quantitative estimate of drug-likeness (QED) is 0.598. The van der Waals surface area contributed by atoms with Gasteiger partial charge >= 0.3 is 0 Å². The van der Waals surface area contributed by atoms with Crippen LogP contribution in [0.4, 0.5) is 0 Å². The lowest BCUT2D eigenvalue weighted by molar-refractivity contribution is 0.0406. The van der Waals surface area contributed by atoms with Crippen molar-refractivity contribution in [3.8, 4) is 0 Å². The summed E-state index contributed by atoms with van der Waals surface area (Å²) in [6.07, 6.45) is -0.602. The Hall–Kier alpha value is 0.130. The number of nitrogens with zero attached hydrogens (tertiary/aromatic N) is 2. The van der Waals surface area contributed by atoms with E-state index in [0.29, 0.717) is 12.4 Å². The maximum Gasteiger partial charge on any atom is 0.0897 e. The lowest BCUT2D eigenvalue weighted by atomic mass is 10.2. The summed E-state index contributed by atoms with van der Waals surface area (Å²) in [5, 5.41) is 18.0. The Bertz CT molecular complexity index is 152. The number of hydrogen-bond donors (Lipinski definition) is 2. The van der Waals surface area contributed by atoms with Gasteiger partial charge in [0.1, 0.15) is 0 Å². The number of rotatable bonds is 5. The first-order valence-electron chi connectivity index (χ1n) is 5.06. The first-order chi connectivity index (χ1) is 6.76. The van der Waals surface area contributed by atoms with Crippen LogP contribution >= 0.6 is 11.6 Å². The van der Waals surface area contributed by atoms with E-state index in [2.05, 4.69) is 9.80 Å². The van der Waals surface area contributed by atoms with Crippen molar-refractivity contribution >= 4 is 11.6 Å². The largest absolute Gasteiger partial charge is 0.394 e. The molecule has 0 amide bonds. The molecule has 1 saturated heterocycles. The smallest absolute Gasteiger partial charge is 0.0897 e. The number of hydrogen-bond acceptors (Lipinski definition) is 4. The third-order valence-corrected chi connectivity index (χ3v) is 2.71. The van der Waals surface area contributed by atoms with Crippen LogP contribution in [0.3, 0.4) is 0 Å². The number of aliphatic hydroxyl groups excluding tert-OH is 2. The fourth-order valence-electron chi connectivity index (χ4n) is 1.67. The SMILES string of the molecule is OC[C@@H](O)CN1CCN(CCCl)CC1. The summed E-state index contributed by atoms with van der Waals surface area (Å²) in [5.74, 6) is 0.680. The number of alkyl halides is 1. The molecule has 1 rings (SSSR count). The van der Waals surface area contributed by atoms with Gasteiger partial charge in [-0.2, -0.15) is 0 Å². The summed E-state index contributed by atoms with van der Waals surface area (Å²) in [6, 6.07) is 0. The molecule has 0 aliphatic carbocycles. The van der Waals surface area contributed by atoms with Gasteiger partial charge in [-0.15, -0.1) is 11.6 Å². The maximum atomic E-state index is 9.25. The van der Waals surface area contributed by atoms with Gasteiger partial charge in [-0.25, -0.2) is 0 Å². The standard InChI is InChI=1S/C9H19ClN2O2/c10-1-2-11-3-5-12(6-4-11)7-9(14)8-13/h9,13-14H,1-8H2/t9-/m0/s1. The van der Waals surface area contributed by atoms with E-state index in [1.54, 1.807) is 0 Å². The zero-order valence-electron chi connectivity index (χ0n) is 8.40. The summed E-state index contributed by atoms with van der Waals surface area (Å²) >= 11 is 5.65. The molecule has 0 radical (unpaired) electrons. The van der Waals surface area contributed by atoms with E-state index in [1.165, 1.54) is 0 Å². The second-order valence-corrected chi connectivity index (χ2v) is 4.05. The Morgan fingerprint density at radius 1 is 1.14 bits per heavy atom. The van der Waals surface area contributed by atoms with Crippen molar-refractivity contribution < 1.29 is 10.2 Å². The molecule has 1 atom stereocenters. The average Bonchev–Trinajstić information content (AvgIpc) is 2.21. The highest BCUT2D eigenvalue weighted by atomic mass is 35.5. The molecule has 0 saturated carbocycles. The molecule has 1 heterocycles. The minimum absolute atomic E-state index is 0.151. The van der Waals surface area contributed by atoms with Crippen molar-refractivity contribution in [1.29, 1.82) is 0 Å². The molecule has 0 spiro atoms. The molecule has 0 aromatic heterocycles. The second kappa shape index (κ2) is 6.58. The molecule has 84 valence electrons. The predicted molar refractivity (Wildman–Crippen MR) is 56.7 cm³/mol. The van der Waals surface area contributed by atoms with Gasteiger partial charge < -0.3 is 10.2 Å². The Morgan fingerprint density at radius 2 is 1.71 bits per heavy atom. The topological polar surface area (TPSA) is 46.9 Å². The van der Waals surface area contributed by atoms with Crippen LogP contribution in [-0.4, -0.2) is 77.9 Å². The summed E-state index contributed by atoms with van der Waals surface area (Å²) in [5.41, 5.74) is 0. The van der Waals surface area contributed by atoms with E-state index in [4.69, 9.17) is 16.7 Å². The molecule has 4 nitrogen and oxygen atoms in total. The van der Waals surface area contributed by atoms with Crippen LogP contribution < -0.4 is 0 Å². The Labute approximate surface area is 90.1 Å². The second-order valence-electron chi connectivity index (χ2n) is 3.67. The minimum atomic E-state index is -0.602. The lowest BCUT2D eigenvalue weighted by Crippen LogP contribution is -2.49. The highest BCUT2D eigenvalue weighted by molar-refractivity contribution is 6.18. The summed E-state index contributed by atoms with van der Waals surface area (Å²) in [6.45, 7) is 5.28. The predicted octanol–water partition coefficient (Wildman–Crippen LogP) is -0.804. The van der Waals surface area contributed by atoms with E-state index in [1.807, 2.05) is 0 Å². The van der Waals surface area contributed by atoms with E-state index in [9.17, 15) is 5.11 Å². The van der Waals surface area contributed by atoms with Crippen molar-refractivity contribution in [3.05, 3.63) is 0 Å². The van der Waals surface area contributed by atoms with Crippen molar-refractivity contribution in [2.75, 3.05) is 51.8 Å². The lowest BCUT2D eigenvalue weighted by Gasteiger charge is -2.35. The van der Waals surface area contributed by atoms with Gasteiger partial charge in [0.05, 0.1) is 12.7 Å². The number of piperazine rings is 1. The molecule has 14 heavy (non-hydrogen) atoms. The van der Waals surface area contributed by atoms with Crippen LogP contribution in [0.15, 0.2) is 0 Å². The number of β-amino-alcohol motifs (C(OH)–C–C–N with tert-alkyl or cyclic N) is 1. The molecule has 2 N–H and O–H groups in total. The van der Waals surface area contributed by atoms with E-state index >= 15 is 0 Å². The molecule has 0 aromatic rings. The molecule has 0 bridgehead atoms. The Morgan fingerprint density at radius 3 is 2.21 bits per heavy atom. The highest BCUT2D eigenvalue weighted by Gasteiger charge is 2.17.